The lowest BCUT2D eigenvalue weighted by molar-refractivity contribution is 0.0703. The van der Waals surface area contributed by atoms with Crippen LogP contribution in [-0.2, 0) is 4.74 Å². The Kier molecular flexibility index (Phi) is 4.01. The first-order chi connectivity index (χ1) is 10.2. The maximum absolute atomic E-state index is 12.9. The molecule has 1 aliphatic carbocycles. The van der Waals surface area contributed by atoms with Crippen molar-refractivity contribution in [3.8, 4) is 5.75 Å². The third-order valence-electron chi connectivity index (χ3n) is 4.21. The molecule has 1 aromatic carbocycles. The number of anilines is 1. The third-order valence-corrected chi connectivity index (χ3v) is 4.21. The summed E-state index contributed by atoms with van der Waals surface area (Å²) in [6, 6.07) is 5.71. The molecule has 0 spiro atoms. The van der Waals surface area contributed by atoms with Crippen molar-refractivity contribution >= 4 is 11.6 Å². The molecule has 2 fully saturated rings. The summed E-state index contributed by atoms with van der Waals surface area (Å²) in [4.78, 5) is 14.9. The first-order valence-electron chi connectivity index (χ1n) is 7.52. The predicted octanol–water partition coefficient (Wildman–Crippen LogP) is 1.92. The van der Waals surface area contributed by atoms with Crippen LogP contribution >= 0.6 is 0 Å². The highest BCUT2D eigenvalue weighted by atomic mass is 16.5. The SMILES string of the molecule is COc1c(N)cccc1C(=O)N(CC1CCOC1)C1CC1. The number of methoxy groups -OCH3 is 1. The minimum Gasteiger partial charge on any atom is -0.494 e. The van der Waals surface area contributed by atoms with Gasteiger partial charge in [-0.1, -0.05) is 6.07 Å². The van der Waals surface area contributed by atoms with Gasteiger partial charge in [0.25, 0.3) is 5.91 Å². The number of para-hydroxylation sites is 1. The van der Waals surface area contributed by atoms with Gasteiger partial charge in [-0.05, 0) is 31.4 Å². The van der Waals surface area contributed by atoms with Gasteiger partial charge in [0.1, 0.15) is 0 Å². The normalized spacial score (nSPS) is 21.3. The number of nitrogens with two attached hydrogens (primary N) is 1. The van der Waals surface area contributed by atoms with Gasteiger partial charge >= 0.3 is 0 Å². The van der Waals surface area contributed by atoms with Gasteiger partial charge in [0.15, 0.2) is 5.75 Å². The van der Waals surface area contributed by atoms with Crippen molar-refractivity contribution in [1.29, 1.82) is 0 Å². The van der Waals surface area contributed by atoms with Gasteiger partial charge in [0.2, 0.25) is 0 Å². The van der Waals surface area contributed by atoms with E-state index in [9.17, 15) is 4.79 Å². The number of ether oxygens (including phenoxy) is 2. The summed E-state index contributed by atoms with van der Waals surface area (Å²) in [7, 11) is 1.55. The lowest BCUT2D eigenvalue weighted by atomic mass is 10.1. The zero-order valence-corrected chi connectivity index (χ0v) is 12.4. The van der Waals surface area contributed by atoms with Crippen molar-refractivity contribution in [2.75, 3.05) is 32.6 Å². The van der Waals surface area contributed by atoms with Crippen LogP contribution in [0.25, 0.3) is 0 Å². The maximum Gasteiger partial charge on any atom is 0.257 e. The van der Waals surface area contributed by atoms with Crippen LogP contribution < -0.4 is 10.5 Å². The fraction of sp³-hybridized carbons (Fsp3) is 0.562. The lowest BCUT2D eigenvalue weighted by Gasteiger charge is -2.26. The third kappa shape index (κ3) is 2.97. The fourth-order valence-corrected chi connectivity index (χ4v) is 2.90. The number of hydrogen-bond acceptors (Lipinski definition) is 4. The molecule has 1 unspecified atom stereocenters. The topological polar surface area (TPSA) is 64.8 Å². The van der Waals surface area contributed by atoms with Crippen LogP contribution in [0.4, 0.5) is 5.69 Å². The average Bonchev–Trinajstić information content (AvgIpc) is 3.20. The van der Waals surface area contributed by atoms with Gasteiger partial charge in [-0.25, -0.2) is 0 Å². The Labute approximate surface area is 125 Å². The Bertz CT molecular complexity index is 522. The van der Waals surface area contributed by atoms with E-state index in [-0.39, 0.29) is 5.91 Å². The second-order valence-electron chi connectivity index (χ2n) is 5.85. The van der Waals surface area contributed by atoms with E-state index in [0.717, 1.165) is 39.0 Å². The van der Waals surface area contributed by atoms with Crippen molar-refractivity contribution < 1.29 is 14.3 Å². The summed E-state index contributed by atoms with van der Waals surface area (Å²) in [5.41, 5.74) is 6.97. The lowest BCUT2D eigenvalue weighted by Crippen LogP contribution is -2.37. The van der Waals surface area contributed by atoms with E-state index in [1.165, 1.54) is 0 Å². The largest absolute Gasteiger partial charge is 0.494 e. The van der Waals surface area contributed by atoms with Crippen LogP contribution in [0, 0.1) is 5.92 Å². The van der Waals surface area contributed by atoms with E-state index >= 15 is 0 Å². The molecule has 0 aromatic heterocycles. The molecule has 1 aliphatic heterocycles. The summed E-state index contributed by atoms with van der Waals surface area (Å²) in [6.07, 6.45) is 3.21. The van der Waals surface area contributed by atoms with Crippen LogP contribution in [0.15, 0.2) is 18.2 Å². The molecular formula is C16H22N2O3. The molecule has 3 rings (SSSR count). The Balaban J connectivity index is 1.82. The van der Waals surface area contributed by atoms with E-state index in [4.69, 9.17) is 15.2 Å². The van der Waals surface area contributed by atoms with Crippen molar-refractivity contribution in [3.05, 3.63) is 23.8 Å². The zero-order chi connectivity index (χ0) is 14.8. The number of amides is 1. The molecule has 1 saturated carbocycles. The summed E-state index contributed by atoms with van der Waals surface area (Å²) in [6.45, 7) is 2.32. The van der Waals surface area contributed by atoms with Gasteiger partial charge in [0.05, 0.1) is 25.0 Å². The van der Waals surface area contributed by atoms with Crippen LogP contribution in [0.1, 0.15) is 29.6 Å². The fourth-order valence-electron chi connectivity index (χ4n) is 2.90. The molecule has 1 amide bonds. The molecule has 0 bridgehead atoms. The molecule has 2 aliphatic rings. The molecule has 1 aromatic rings. The number of nitrogens with zero attached hydrogens (tertiary/aromatic N) is 1. The number of carbonyl (C=O) groups excluding carboxylic acids is 1. The van der Waals surface area contributed by atoms with E-state index < -0.39 is 0 Å². The predicted molar refractivity (Wildman–Crippen MR) is 80.4 cm³/mol. The molecule has 21 heavy (non-hydrogen) atoms. The van der Waals surface area contributed by atoms with Crippen LogP contribution in [0.5, 0.6) is 5.75 Å². The molecule has 114 valence electrons. The number of hydrogen-bond donors (Lipinski definition) is 1. The first kappa shape index (κ1) is 14.2. The average molecular weight is 290 g/mol. The number of nitrogen functional groups attached to an aromatic ring is 1. The van der Waals surface area contributed by atoms with Gasteiger partial charge in [-0.15, -0.1) is 0 Å². The van der Waals surface area contributed by atoms with Gasteiger partial charge in [-0.3, -0.25) is 4.79 Å². The molecule has 1 atom stereocenters. The van der Waals surface area contributed by atoms with E-state index in [0.29, 0.717) is 29.0 Å². The summed E-state index contributed by atoms with van der Waals surface area (Å²) in [5.74, 6) is 0.950. The van der Waals surface area contributed by atoms with Gasteiger partial charge in [0, 0.05) is 25.1 Å². The molecule has 5 nitrogen and oxygen atoms in total. The maximum atomic E-state index is 12.9. The zero-order valence-electron chi connectivity index (χ0n) is 12.4. The standard InChI is InChI=1S/C16H22N2O3/c1-20-15-13(3-2-4-14(15)17)16(19)18(12-5-6-12)9-11-7-8-21-10-11/h2-4,11-12H,5-10,17H2,1H3. The highest BCUT2D eigenvalue weighted by Gasteiger charge is 2.36. The van der Waals surface area contributed by atoms with Gasteiger partial charge < -0.3 is 20.1 Å². The Morgan fingerprint density at radius 3 is 2.86 bits per heavy atom. The summed E-state index contributed by atoms with van der Waals surface area (Å²) in [5, 5.41) is 0. The van der Waals surface area contributed by atoms with Crippen LogP contribution in [0.2, 0.25) is 0 Å². The minimum absolute atomic E-state index is 0.0218. The number of carbonyl (C=O) groups is 1. The molecule has 2 N–H and O–H groups in total. The molecule has 1 saturated heterocycles. The first-order valence-corrected chi connectivity index (χ1v) is 7.52. The molecule has 0 radical (unpaired) electrons. The highest BCUT2D eigenvalue weighted by molar-refractivity contribution is 5.99. The van der Waals surface area contributed by atoms with Crippen molar-refractivity contribution in [1.82, 2.24) is 4.90 Å². The van der Waals surface area contributed by atoms with Crippen molar-refractivity contribution in [2.24, 2.45) is 5.92 Å². The second kappa shape index (κ2) is 5.93. The quantitative estimate of drug-likeness (QED) is 0.841. The Morgan fingerprint density at radius 1 is 1.43 bits per heavy atom. The number of rotatable bonds is 5. The van der Waals surface area contributed by atoms with E-state index in [1.54, 1.807) is 25.3 Å². The van der Waals surface area contributed by atoms with Gasteiger partial charge in [-0.2, -0.15) is 0 Å². The van der Waals surface area contributed by atoms with Crippen LogP contribution in [0.3, 0.4) is 0 Å². The second-order valence-corrected chi connectivity index (χ2v) is 5.85. The minimum atomic E-state index is 0.0218. The summed E-state index contributed by atoms with van der Waals surface area (Å²) >= 11 is 0. The van der Waals surface area contributed by atoms with E-state index in [1.807, 2.05) is 4.90 Å². The summed E-state index contributed by atoms with van der Waals surface area (Å²) < 4.78 is 10.7. The van der Waals surface area contributed by atoms with E-state index in [2.05, 4.69) is 0 Å². The van der Waals surface area contributed by atoms with Crippen molar-refractivity contribution in [3.63, 3.8) is 0 Å². The Morgan fingerprint density at radius 2 is 2.24 bits per heavy atom. The molecule has 1 heterocycles. The molecule has 5 heteroatoms. The Hall–Kier alpha value is -1.75. The highest BCUT2D eigenvalue weighted by Crippen LogP contribution is 2.33. The number of benzene rings is 1. The monoisotopic (exact) mass is 290 g/mol. The smallest absolute Gasteiger partial charge is 0.257 e. The van der Waals surface area contributed by atoms with Crippen molar-refractivity contribution in [2.45, 2.75) is 25.3 Å². The van der Waals surface area contributed by atoms with Crippen LogP contribution in [-0.4, -0.2) is 43.7 Å². The molecular weight excluding hydrogens is 268 g/mol.